The van der Waals surface area contributed by atoms with Gasteiger partial charge in [-0.05, 0) is 35.9 Å². The zero-order chi connectivity index (χ0) is 40.5. The summed E-state index contributed by atoms with van der Waals surface area (Å²) in [7, 11) is 0. The highest BCUT2D eigenvalue weighted by atomic mass is 35.5. The van der Waals surface area contributed by atoms with Gasteiger partial charge in [-0.3, -0.25) is 30.0 Å². The maximum atomic E-state index is 14.1. The minimum atomic E-state index is -1.13. The van der Waals surface area contributed by atoms with E-state index in [1.54, 1.807) is 18.2 Å². The van der Waals surface area contributed by atoms with Crippen molar-refractivity contribution in [2.45, 2.75) is 0 Å². The number of H-pyrrole nitrogens is 2. The number of nitrogens with one attached hydrogen (secondary N) is 5. The molecular formula is C42H39ClF2N8O4. The van der Waals surface area contributed by atoms with Crippen LogP contribution < -0.4 is 5.32 Å². The third-order valence-electron chi connectivity index (χ3n) is 9.58. The van der Waals surface area contributed by atoms with Crippen molar-refractivity contribution in [2.75, 3.05) is 52.4 Å². The quantitative estimate of drug-likeness (QED) is 0.0465. The number of amidine groups is 2. The van der Waals surface area contributed by atoms with Crippen molar-refractivity contribution in [1.82, 2.24) is 30.0 Å². The first-order chi connectivity index (χ1) is 27.5. The number of Topliss-reactive ketones (excluding diaryl/α,β-unsaturated/α-hetero) is 2. The van der Waals surface area contributed by atoms with Crippen molar-refractivity contribution in [3.8, 4) is 0 Å². The number of ketones is 2. The number of halogens is 3. The number of amides is 1. The molecule has 57 heavy (non-hydrogen) atoms. The predicted molar refractivity (Wildman–Crippen MR) is 215 cm³/mol. The van der Waals surface area contributed by atoms with Gasteiger partial charge in [0.1, 0.15) is 23.3 Å². The molecule has 0 radical (unpaired) electrons. The second-order valence-electron chi connectivity index (χ2n) is 13.1. The summed E-state index contributed by atoms with van der Waals surface area (Å²) in [4.78, 5) is 58.3. The molecule has 8 rings (SSSR count). The molecule has 15 heteroatoms. The number of nitrogens with zero attached hydrogens (tertiary/aromatic N) is 3. The van der Waals surface area contributed by atoms with Crippen LogP contribution in [0.5, 0.6) is 0 Å². The fourth-order valence-corrected chi connectivity index (χ4v) is 6.68. The molecule has 1 amide bonds. The molecule has 5 N–H and O–H groups in total. The first-order valence-electron chi connectivity index (χ1n) is 18.1. The van der Waals surface area contributed by atoms with Crippen LogP contribution in [0, 0.1) is 22.5 Å². The topological polar surface area (TPSA) is 169 Å². The molecule has 2 aliphatic rings. The SMILES string of the molecule is N=C(c1ccccc1)N1CCN(C(=O)C(=O)c2c[nH]c3cccc(F)c23)CC1.N=C(c1ccccc1)N1CCNCC1.O=C(Cl)C(=O)c1c[nH]c2cccc(F)c12. The molecule has 0 atom stereocenters. The van der Waals surface area contributed by atoms with Crippen LogP contribution >= 0.6 is 11.6 Å². The highest BCUT2D eigenvalue weighted by Gasteiger charge is 2.30. The maximum absolute atomic E-state index is 14.1. The summed E-state index contributed by atoms with van der Waals surface area (Å²) in [5.74, 6) is -2.32. The molecule has 0 unspecified atom stereocenters. The lowest BCUT2D eigenvalue weighted by Gasteiger charge is -2.35. The first kappa shape index (κ1) is 40.2. The van der Waals surface area contributed by atoms with E-state index >= 15 is 0 Å². The number of carbonyl (C=O) groups is 4. The lowest BCUT2D eigenvalue weighted by molar-refractivity contribution is -0.127. The summed E-state index contributed by atoms with van der Waals surface area (Å²) in [6.45, 7) is 5.45. The van der Waals surface area contributed by atoms with E-state index in [1.807, 2.05) is 65.6 Å². The Morgan fingerprint density at radius 1 is 0.544 bits per heavy atom. The molecule has 4 aromatic carbocycles. The van der Waals surface area contributed by atoms with Gasteiger partial charge in [0.2, 0.25) is 5.78 Å². The molecule has 2 aromatic heterocycles. The second-order valence-corrected chi connectivity index (χ2v) is 13.5. The molecule has 4 heterocycles. The molecule has 12 nitrogen and oxygen atoms in total. The Morgan fingerprint density at radius 2 is 0.965 bits per heavy atom. The molecule has 0 bridgehead atoms. The fourth-order valence-electron chi connectivity index (χ4n) is 6.58. The normalized spacial score (nSPS) is 13.9. The van der Waals surface area contributed by atoms with Crippen LogP contribution in [0.4, 0.5) is 8.78 Å². The van der Waals surface area contributed by atoms with Crippen molar-refractivity contribution in [2.24, 2.45) is 0 Å². The summed E-state index contributed by atoms with van der Waals surface area (Å²) >= 11 is 5.05. The summed E-state index contributed by atoms with van der Waals surface area (Å²) < 4.78 is 27.5. The van der Waals surface area contributed by atoms with Gasteiger partial charge in [0.15, 0.2) is 0 Å². The van der Waals surface area contributed by atoms with Crippen LogP contribution in [0.25, 0.3) is 21.8 Å². The van der Waals surface area contributed by atoms with Gasteiger partial charge in [0.25, 0.3) is 16.9 Å². The molecule has 2 aliphatic heterocycles. The number of piperazine rings is 2. The summed E-state index contributed by atoms with van der Waals surface area (Å²) in [6, 6.07) is 28.1. The molecule has 2 saturated heterocycles. The Morgan fingerprint density at radius 3 is 1.42 bits per heavy atom. The predicted octanol–water partition coefficient (Wildman–Crippen LogP) is 5.83. The van der Waals surface area contributed by atoms with Gasteiger partial charge in [0, 0.05) is 97.7 Å². The number of rotatable bonds is 6. The van der Waals surface area contributed by atoms with E-state index < -0.39 is 34.4 Å². The number of aromatic amines is 2. The van der Waals surface area contributed by atoms with Crippen LogP contribution in [0.2, 0.25) is 0 Å². The standard InChI is InChI=1S/C21H19FN4O2.C11H15N3.C10H5ClFNO2/c22-16-7-4-8-17-18(16)15(13-24-17)19(27)21(28)26-11-9-25(10-12-26)20(23)14-5-2-1-3-6-14;12-11(10-4-2-1-3-5-10)14-8-6-13-7-9-14;11-10(15)9(14)5-4-13-7-3-1-2-6(12)8(5)7/h1-8,13,23-24H,9-12H2;1-5,12-13H,6-9H2;1-4,13H. The monoisotopic (exact) mass is 792 g/mol. The van der Waals surface area contributed by atoms with Crippen LogP contribution in [0.3, 0.4) is 0 Å². The van der Waals surface area contributed by atoms with Gasteiger partial charge in [-0.2, -0.15) is 0 Å². The highest BCUT2D eigenvalue weighted by Crippen LogP contribution is 2.24. The van der Waals surface area contributed by atoms with Crippen molar-refractivity contribution in [1.29, 1.82) is 10.8 Å². The van der Waals surface area contributed by atoms with Gasteiger partial charge < -0.3 is 30.0 Å². The first-order valence-corrected chi connectivity index (χ1v) is 18.5. The van der Waals surface area contributed by atoms with Crippen LogP contribution in [-0.4, -0.2) is 111 Å². The molecular weight excluding hydrogens is 754 g/mol. The van der Waals surface area contributed by atoms with Gasteiger partial charge in [0.05, 0.1) is 11.1 Å². The molecule has 0 aliphatic carbocycles. The molecule has 6 aromatic rings. The number of carbonyl (C=O) groups excluding carboxylic acids is 4. The number of aromatic nitrogens is 2. The zero-order valence-corrected chi connectivity index (χ0v) is 31.4. The van der Waals surface area contributed by atoms with Crippen molar-refractivity contribution < 1.29 is 28.0 Å². The van der Waals surface area contributed by atoms with Gasteiger partial charge >= 0.3 is 0 Å². The number of fused-ring (bicyclic) bond motifs is 2. The van der Waals surface area contributed by atoms with Gasteiger partial charge in [-0.1, -0.05) is 72.8 Å². The van der Waals surface area contributed by atoms with Crippen LogP contribution in [-0.2, 0) is 9.59 Å². The van der Waals surface area contributed by atoms with Crippen LogP contribution in [0.15, 0.2) is 109 Å². The van der Waals surface area contributed by atoms with Crippen LogP contribution in [0.1, 0.15) is 31.8 Å². The minimum Gasteiger partial charge on any atom is -0.360 e. The smallest absolute Gasteiger partial charge is 0.295 e. The maximum Gasteiger partial charge on any atom is 0.295 e. The Bertz CT molecular complexity index is 2420. The van der Waals surface area contributed by atoms with Crippen molar-refractivity contribution in [3.63, 3.8) is 0 Å². The van der Waals surface area contributed by atoms with Crippen molar-refractivity contribution in [3.05, 3.63) is 143 Å². The number of hydrogen-bond donors (Lipinski definition) is 5. The third-order valence-corrected chi connectivity index (χ3v) is 9.75. The fraction of sp³-hybridized carbons (Fsp3) is 0.190. The molecule has 2 fully saturated rings. The van der Waals surface area contributed by atoms with Crippen molar-refractivity contribution >= 4 is 67.8 Å². The van der Waals surface area contributed by atoms with Gasteiger partial charge in [-0.25, -0.2) is 8.78 Å². The lowest BCUT2D eigenvalue weighted by Crippen LogP contribution is -2.52. The molecule has 0 saturated carbocycles. The Balaban J connectivity index is 0.000000159. The Hall–Kier alpha value is -6.51. The molecule has 0 spiro atoms. The second kappa shape index (κ2) is 18.4. The number of hydrogen-bond acceptors (Lipinski definition) is 7. The van der Waals surface area contributed by atoms with E-state index in [4.69, 9.17) is 22.4 Å². The Kier molecular flexibility index (Phi) is 13.0. The van der Waals surface area contributed by atoms with E-state index in [1.165, 1.54) is 35.5 Å². The van der Waals surface area contributed by atoms with E-state index in [0.717, 1.165) is 37.3 Å². The summed E-state index contributed by atoms with van der Waals surface area (Å²) in [5.41, 5.74) is 2.77. The zero-order valence-electron chi connectivity index (χ0n) is 30.7. The van der Waals surface area contributed by atoms with E-state index in [9.17, 15) is 28.0 Å². The highest BCUT2D eigenvalue weighted by molar-refractivity contribution is 6.83. The summed E-state index contributed by atoms with van der Waals surface area (Å²) in [6.07, 6.45) is 2.66. The average molecular weight is 793 g/mol. The van der Waals surface area contributed by atoms with Gasteiger partial charge in [-0.15, -0.1) is 0 Å². The number of benzene rings is 4. The average Bonchev–Trinajstić information content (AvgIpc) is 3.90. The minimum absolute atomic E-state index is 0.0388. The van der Waals surface area contributed by atoms with E-state index in [-0.39, 0.29) is 21.9 Å². The lowest BCUT2D eigenvalue weighted by atomic mass is 10.1. The largest absolute Gasteiger partial charge is 0.360 e. The van der Waals surface area contributed by atoms with E-state index in [0.29, 0.717) is 48.9 Å². The van der Waals surface area contributed by atoms with E-state index in [2.05, 4.69) is 20.2 Å². The molecule has 292 valence electrons. The Labute approximate surface area is 331 Å². The third kappa shape index (κ3) is 9.31. The summed E-state index contributed by atoms with van der Waals surface area (Å²) in [5, 5.41) is 18.7.